The lowest BCUT2D eigenvalue weighted by Gasteiger charge is -2.37. The zero-order valence-electron chi connectivity index (χ0n) is 12.7. The first-order valence-electron chi connectivity index (χ1n) is 7.31. The third kappa shape index (κ3) is 1.60. The molecule has 0 aromatic heterocycles. The number of allylic oxidation sites excluding steroid dienone is 2. The quantitative estimate of drug-likeness (QED) is 0.748. The number of hydrogen-bond donors (Lipinski definition) is 0. The Bertz CT molecular complexity index is 580. The van der Waals surface area contributed by atoms with Gasteiger partial charge in [-0.05, 0) is 52.9 Å². The molecule has 20 heavy (non-hydrogen) atoms. The normalized spacial score (nSPS) is 30.2. The van der Waals surface area contributed by atoms with Crippen molar-refractivity contribution < 1.29 is 9.53 Å². The Morgan fingerprint density at radius 3 is 2.30 bits per heavy atom. The molecule has 3 rings (SSSR count). The number of carbonyl (C=O) groups is 1. The Labute approximate surface area is 120 Å². The molecule has 2 heteroatoms. The van der Waals surface area contributed by atoms with E-state index in [-0.39, 0.29) is 11.4 Å². The topological polar surface area (TPSA) is 26.3 Å². The Hall–Kier alpha value is -1.57. The maximum atomic E-state index is 11.5. The van der Waals surface area contributed by atoms with Crippen LogP contribution in [0.15, 0.2) is 30.3 Å². The Kier molecular flexibility index (Phi) is 2.82. The van der Waals surface area contributed by atoms with Crippen molar-refractivity contribution in [1.29, 1.82) is 0 Å². The number of hydrogen-bond acceptors (Lipinski definition) is 2. The third-order valence-corrected chi connectivity index (χ3v) is 5.88. The van der Waals surface area contributed by atoms with Crippen LogP contribution in [-0.4, -0.2) is 13.1 Å². The van der Waals surface area contributed by atoms with E-state index in [0.29, 0.717) is 16.9 Å². The van der Waals surface area contributed by atoms with Crippen LogP contribution in [0.5, 0.6) is 0 Å². The lowest BCUT2D eigenvalue weighted by atomic mass is 9.66. The van der Waals surface area contributed by atoms with Gasteiger partial charge in [-0.3, -0.25) is 0 Å². The van der Waals surface area contributed by atoms with Gasteiger partial charge in [0, 0.05) is 0 Å². The molecule has 1 aromatic carbocycles. The highest BCUT2D eigenvalue weighted by Gasteiger charge is 2.57. The van der Waals surface area contributed by atoms with Crippen LogP contribution < -0.4 is 0 Å². The van der Waals surface area contributed by atoms with Crippen LogP contribution in [0.25, 0.3) is 5.57 Å². The first-order chi connectivity index (χ1) is 9.40. The molecular formula is C18H22O2. The molecule has 0 spiro atoms. The predicted molar refractivity (Wildman–Crippen MR) is 80.4 cm³/mol. The lowest BCUT2D eigenvalue weighted by molar-refractivity contribution is 0.0600. The number of fused-ring (bicyclic) bond motifs is 2. The summed E-state index contributed by atoms with van der Waals surface area (Å²) in [4.78, 5) is 11.5. The highest BCUT2D eigenvalue weighted by Crippen LogP contribution is 2.67. The summed E-state index contributed by atoms with van der Waals surface area (Å²) in [5, 5.41) is 0. The zero-order valence-corrected chi connectivity index (χ0v) is 12.7. The summed E-state index contributed by atoms with van der Waals surface area (Å²) >= 11 is 0. The largest absolute Gasteiger partial charge is 0.465 e. The van der Waals surface area contributed by atoms with Gasteiger partial charge in [-0.15, -0.1) is 0 Å². The molecule has 2 atom stereocenters. The van der Waals surface area contributed by atoms with Gasteiger partial charge in [0.05, 0.1) is 12.7 Å². The van der Waals surface area contributed by atoms with E-state index in [1.807, 2.05) is 12.1 Å². The number of benzene rings is 1. The van der Waals surface area contributed by atoms with Crippen molar-refractivity contribution in [2.24, 2.45) is 16.7 Å². The van der Waals surface area contributed by atoms with Crippen molar-refractivity contribution in [3.05, 3.63) is 41.5 Å². The molecule has 2 bridgehead atoms. The molecule has 1 fully saturated rings. The molecule has 1 saturated carbocycles. The summed E-state index contributed by atoms with van der Waals surface area (Å²) in [6, 6.07) is 7.84. The number of rotatable bonds is 2. The van der Waals surface area contributed by atoms with E-state index in [1.165, 1.54) is 31.1 Å². The molecule has 0 saturated heterocycles. The second kappa shape index (κ2) is 4.21. The molecule has 1 aromatic rings. The van der Waals surface area contributed by atoms with Gasteiger partial charge < -0.3 is 4.74 Å². The molecule has 2 aliphatic carbocycles. The maximum Gasteiger partial charge on any atom is 0.337 e. The Balaban J connectivity index is 1.96. The number of methoxy groups -OCH3 is 1. The van der Waals surface area contributed by atoms with Gasteiger partial charge in [-0.25, -0.2) is 4.79 Å². The van der Waals surface area contributed by atoms with Crippen LogP contribution in [0.2, 0.25) is 0 Å². The molecule has 0 aliphatic heterocycles. The van der Waals surface area contributed by atoms with E-state index >= 15 is 0 Å². The number of carbonyl (C=O) groups excluding carboxylic acids is 1. The van der Waals surface area contributed by atoms with E-state index < -0.39 is 0 Å². The van der Waals surface area contributed by atoms with E-state index in [0.717, 1.165) is 0 Å². The molecule has 0 N–H and O–H groups in total. The van der Waals surface area contributed by atoms with Gasteiger partial charge in [0.25, 0.3) is 0 Å². The van der Waals surface area contributed by atoms with Gasteiger partial charge >= 0.3 is 5.97 Å². The van der Waals surface area contributed by atoms with Gasteiger partial charge in [0.1, 0.15) is 0 Å². The summed E-state index contributed by atoms with van der Waals surface area (Å²) in [6.45, 7) is 7.16. The van der Waals surface area contributed by atoms with Crippen LogP contribution in [0.3, 0.4) is 0 Å². The molecule has 0 heterocycles. The summed E-state index contributed by atoms with van der Waals surface area (Å²) in [5.74, 6) is 0.410. The van der Waals surface area contributed by atoms with Crippen LogP contribution >= 0.6 is 0 Å². The minimum atomic E-state index is -0.273. The first kappa shape index (κ1) is 13.4. The molecular weight excluding hydrogens is 248 g/mol. The molecule has 2 nitrogen and oxygen atoms in total. The van der Waals surface area contributed by atoms with Crippen LogP contribution in [0, 0.1) is 16.7 Å². The van der Waals surface area contributed by atoms with Gasteiger partial charge in [0.2, 0.25) is 0 Å². The van der Waals surface area contributed by atoms with E-state index in [1.54, 1.807) is 0 Å². The van der Waals surface area contributed by atoms with Crippen molar-refractivity contribution in [3.63, 3.8) is 0 Å². The highest BCUT2D eigenvalue weighted by molar-refractivity contribution is 5.90. The zero-order chi connectivity index (χ0) is 14.5. The van der Waals surface area contributed by atoms with Gasteiger partial charge in [-0.1, -0.05) is 39.0 Å². The van der Waals surface area contributed by atoms with Gasteiger partial charge in [0.15, 0.2) is 0 Å². The lowest BCUT2D eigenvalue weighted by Crippen LogP contribution is -2.29. The van der Waals surface area contributed by atoms with Crippen molar-refractivity contribution in [2.75, 3.05) is 7.11 Å². The average Bonchev–Trinajstić information content (AvgIpc) is 2.79. The standard InChI is InChI=1S/C18H22O2/c1-17(2)14-9-10-18(17,3)15(11-14)12-5-7-13(8-6-12)16(19)20-4/h5-8,11,14H,9-10H2,1-4H3. The van der Waals surface area contributed by atoms with E-state index in [2.05, 4.69) is 39.0 Å². The third-order valence-electron chi connectivity index (χ3n) is 5.88. The van der Waals surface area contributed by atoms with Gasteiger partial charge in [-0.2, -0.15) is 0 Å². The van der Waals surface area contributed by atoms with Crippen LogP contribution in [0.4, 0.5) is 0 Å². The molecule has 2 unspecified atom stereocenters. The second-order valence-electron chi connectivity index (χ2n) is 6.85. The fourth-order valence-electron chi connectivity index (χ4n) is 4.01. The molecule has 2 aliphatic rings. The summed E-state index contributed by atoms with van der Waals surface area (Å²) in [6.07, 6.45) is 5.01. The van der Waals surface area contributed by atoms with E-state index in [9.17, 15) is 4.79 Å². The summed E-state index contributed by atoms with van der Waals surface area (Å²) < 4.78 is 4.75. The Morgan fingerprint density at radius 1 is 1.20 bits per heavy atom. The minimum Gasteiger partial charge on any atom is -0.465 e. The summed E-state index contributed by atoms with van der Waals surface area (Å²) in [7, 11) is 1.41. The monoisotopic (exact) mass is 270 g/mol. The molecule has 0 amide bonds. The van der Waals surface area contributed by atoms with Crippen molar-refractivity contribution in [1.82, 2.24) is 0 Å². The fourth-order valence-corrected chi connectivity index (χ4v) is 4.01. The average molecular weight is 270 g/mol. The predicted octanol–water partition coefficient (Wildman–Crippen LogP) is 4.31. The Morgan fingerprint density at radius 2 is 1.85 bits per heavy atom. The van der Waals surface area contributed by atoms with E-state index in [4.69, 9.17) is 4.74 Å². The molecule has 0 radical (unpaired) electrons. The SMILES string of the molecule is COC(=O)c1ccc(C2=CC3CCC2(C)C3(C)C)cc1. The summed E-state index contributed by atoms with van der Waals surface area (Å²) in [5.41, 5.74) is 3.91. The number of esters is 1. The van der Waals surface area contributed by atoms with Crippen LogP contribution in [-0.2, 0) is 4.74 Å². The van der Waals surface area contributed by atoms with Crippen molar-refractivity contribution >= 4 is 11.5 Å². The fraction of sp³-hybridized carbons (Fsp3) is 0.500. The van der Waals surface area contributed by atoms with Crippen molar-refractivity contribution in [3.8, 4) is 0 Å². The van der Waals surface area contributed by atoms with Crippen molar-refractivity contribution in [2.45, 2.75) is 33.6 Å². The molecule has 106 valence electrons. The smallest absolute Gasteiger partial charge is 0.337 e. The second-order valence-corrected chi connectivity index (χ2v) is 6.85. The number of ether oxygens (including phenoxy) is 1. The minimum absolute atomic E-state index is 0.254. The maximum absolute atomic E-state index is 11.5. The highest BCUT2D eigenvalue weighted by atomic mass is 16.5. The van der Waals surface area contributed by atoms with Crippen LogP contribution in [0.1, 0.15) is 49.5 Å². The first-order valence-corrected chi connectivity index (χ1v) is 7.31.